The van der Waals surface area contributed by atoms with Gasteiger partial charge in [-0.1, -0.05) is 57.6 Å². The van der Waals surface area contributed by atoms with Crippen LogP contribution >= 0.6 is 38.6 Å². The quantitative estimate of drug-likeness (QED) is 0.256. The van der Waals surface area contributed by atoms with Crippen molar-refractivity contribution < 1.29 is 4.79 Å². The Balaban J connectivity index is 1.72. The molecule has 0 aliphatic carbocycles. The topological polar surface area (TPSA) is 47.2 Å². The molecule has 0 radical (unpaired) electrons. The molecule has 0 atom stereocenters. The zero-order valence-electron chi connectivity index (χ0n) is 16.3. The predicted molar refractivity (Wildman–Crippen MR) is 133 cm³/mol. The van der Waals surface area contributed by atoms with Crippen LogP contribution in [0.2, 0.25) is 0 Å². The predicted octanol–water partition coefficient (Wildman–Crippen LogP) is 6.67. The number of rotatable bonds is 4. The second-order valence-corrected chi connectivity index (χ2v) is 9.73. The lowest BCUT2D eigenvalue weighted by Crippen LogP contribution is -2.16. The molecule has 0 unspecified atom stereocenters. The smallest absolute Gasteiger partial charge is 0.280 e. The molecule has 0 aliphatic rings. The normalized spacial score (nSPS) is 12.0. The molecule has 0 saturated carbocycles. The van der Waals surface area contributed by atoms with E-state index >= 15 is 0 Å². The van der Waals surface area contributed by atoms with Crippen molar-refractivity contribution >= 4 is 65.6 Å². The van der Waals surface area contributed by atoms with Gasteiger partial charge in [-0.2, -0.15) is 4.99 Å². The number of hydrogen-bond donors (Lipinski definition) is 0. The Kier molecular flexibility index (Phi) is 5.40. The highest BCUT2D eigenvalue weighted by Crippen LogP contribution is 2.28. The molecule has 0 N–H and O–H groups in total. The highest BCUT2D eigenvalue weighted by molar-refractivity contribution is 9.10. The van der Waals surface area contributed by atoms with Crippen molar-refractivity contribution in [1.82, 2.24) is 9.55 Å². The van der Waals surface area contributed by atoms with E-state index in [1.807, 2.05) is 76.7 Å². The molecule has 0 spiro atoms. The third kappa shape index (κ3) is 3.80. The first-order valence-electron chi connectivity index (χ1n) is 9.56. The summed E-state index contributed by atoms with van der Waals surface area (Å²) in [5.74, 6) is -0.278. The summed E-state index contributed by atoms with van der Waals surface area (Å²) in [6.07, 6.45) is 1.81. The Bertz CT molecular complexity index is 1510. The molecule has 152 valence electrons. The standard InChI is InChI=1S/C24H16BrN3OS2/c1-2-11-28-20-10-9-15(25)13-22(20)31-24(28)27-23(29)17-14-19(21-8-5-12-30-21)26-18-7-4-3-6-16(17)18/h2-10,12-14H,1,11H2. The number of amides is 1. The number of para-hydroxylation sites is 1. The highest BCUT2D eigenvalue weighted by Gasteiger charge is 2.15. The molecule has 7 heteroatoms. The van der Waals surface area contributed by atoms with Crippen LogP contribution in [-0.4, -0.2) is 15.5 Å². The molecule has 2 aromatic carbocycles. The summed E-state index contributed by atoms with van der Waals surface area (Å²) in [5, 5.41) is 2.81. The molecule has 5 aromatic rings. The van der Waals surface area contributed by atoms with Gasteiger partial charge >= 0.3 is 0 Å². The lowest BCUT2D eigenvalue weighted by molar-refractivity contribution is 0.0999. The van der Waals surface area contributed by atoms with E-state index in [-0.39, 0.29) is 5.91 Å². The van der Waals surface area contributed by atoms with Crippen LogP contribution < -0.4 is 4.80 Å². The Morgan fingerprint density at radius 3 is 2.84 bits per heavy atom. The monoisotopic (exact) mass is 505 g/mol. The molecule has 0 aliphatic heterocycles. The van der Waals surface area contributed by atoms with E-state index in [4.69, 9.17) is 4.98 Å². The number of carbonyl (C=O) groups is 1. The second kappa shape index (κ2) is 8.34. The number of fused-ring (bicyclic) bond motifs is 2. The molecule has 0 saturated heterocycles. The number of thiophene rings is 1. The van der Waals surface area contributed by atoms with Crippen LogP contribution in [0.25, 0.3) is 31.7 Å². The van der Waals surface area contributed by atoms with Gasteiger partial charge in [0.15, 0.2) is 4.80 Å². The van der Waals surface area contributed by atoms with Crippen molar-refractivity contribution in [3.8, 4) is 10.6 Å². The van der Waals surface area contributed by atoms with Gasteiger partial charge in [0.1, 0.15) is 0 Å². The first-order chi connectivity index (χ1) is 15.1. The molecule has 3 aromatic heterocycles. The molecule has 0 fully saturated rings. The van der Waals surface area contributed by atoms with E-state index in [0.717, 1.165) is 36.2 Å². The SMILES string of the molecule is C=CCn1c(=NC(=O)c2cc(-c3cccs3)nc3ccccc23)sc2cc(Br)ccc21. The average Bonchev–Trinajstić information content (AvgIpc) is 3.42. The second-order valence-electron chi connectivity index (χ2n) is 6.86. The summed E-state index contributed by atoms with van der Waals surface area (Å²) in [7, 11) is 0. The maximum atomic E-state index is 13.4. The van der Waals surface area contributed by atoms with E-state index in [9.17, 15) is 4.79 Å². The molecule has 1 amide bonds. The van der Waals surface area contributed by atoms with Gasteiger partial charge in [0.05, 0.1) is 31.9 Å². The fourth-order valence-electron chi connectivity index (χ4n) is 3.49. The minimum Gasteiger partial charge on any atom is -0.312 e. The number of pyridine rings is 1. The number of nitrogens with zero attached hydrogens (tertiary/aromatic N) is 3. The molecule has 3 heterocycles. The lowest BCUT2D eigenvalue weighted by atomic mass is 10.1. The molecular weight excluding hydrogens is 490 g/mol. The Morgan fingerprint density at radius 1 is 1.16 bits per heavy atom. The van der Waals surface area contributed by atoms with Gasteiger partial charge < -0.3 is 4.57 Å². The van der Waals surface area contributed by atoms with Crippen LogP contribution in [0, 0.1) is 0 Å². The molecule has 5 rings (SSSR count). The summed E-state index contributed by atoms with van der Waals surface area (Å²) in [5.41, 5.74) is 3.15. The minimum atomic E-state index is -0.278. The third-order valence-corrected chi connectivity index (χ3v) is 7.30. The molecule has 4 nitrogen and oxygen atoms in total. The van der Waals surface area contributed by atoms with Gasteiger partial charge in [-0.15, -0.1) is 17.9 Å². The molecule has 31 heavy (non-hydrogen) atoms. The van der Waals surface area contributed by atoms with Gasteiger partial charge in [0.25, 0.3) is 5.91 Å². The van der Waals surface area contributed by atoms with Crippen molar-refractivity contribution in [3.05, 3.63) is 93.5 Å². The maximum Gasteiger partial charge on any atom is 0.280 e. The number of halogens is 1. The highest BCUT2D eigenvalue weighted by atomic mass is 79.9. The van der Waals surface area contributed by atoms with Crippen LogP contribution in [0.3, 0.4) is 0 Å². The van der Waals surface area contributed by atoms with Crippen LogP contribution in [0.5, 0.6) is 0 Å². The largest absolute Gasteiger partial charge is 0.312 e. The number of thiazole rings is 1. The molecular formula is C24H16BrN3OS2. The van der Waals surface area contributed by atoms with E-state index in [0.29, 0.717) is 16.9 Å². The summed E-state index contributed by atoms with van der Waals surface area (Å²) in [4.78, 5) is 24.4. The fourth-order valence-corrected chi connectivity index (χ4v) is 5.76. The summed E-state index contributed by atoms with van der Waals surface area (Å²) < 4.78 is 4.06. The van der Waals surface area contributed by atoms with E-state index in [2.05, 4.69) is 27.5 Å². The fraction of sp³-hybridized carbons (Fsp3) is 0.0417. The van der Waals surface area contributed by atoms with Gasteiger partial charge in [0, 0.05) is 16.4 Å². The minimum absolute atomic E-state index is 0.278. The van der Waals surface area contributed by atoms with Crippen molar-refractivity contribution in [2.75, 3.05) is 0 Å². The zero-order valence-corrected chi connectivity index (χ0v) is 19.5. The summed E-state index contributed by atoms with van der Waals surface area (Å²) in [6, 6.07) is 19.6. The summed E-state index contributed by atoms with van der Waals surface area (Å²) >= 11 is 6.61. The van der Waals surface area contributed by atoms with Gasteiger partial charge in [-0.25, -0.2) is 4.98 Å². The third-order valence-electron chi connectivity index (χ3n) is 4.87. The maximum absolute atomic E-state index is 13.4. The Labute approximate surface area is 195 Å². The lowest BCUT2D eigenvalue weighted by Gasteiger charge is -2.06. The van der Waals surface area contributed by atoms with Crippen LogP contribution in [0.1, 0.15) is 10.4 Å². The number of allylic oxidation sites excluding steroid dienone is 1. The van der Waals surface area contributed by atoms with E-state index in [1.54, 1.807) is 11.3 Å². The number of carbonyl (C=O) groups excluding carboxylic acids is 1. The van der Waals surface area contributed by atoms with Crippen molar-refractivity contribution in [2.24, 2.45) is 4.99 Å². The molecule has 0 bridgehead atoms. The summed E-state index contributed by atoms with van der Waals surface area (Å²) in [6.45, 7) is 4.43. The van der Waals surface area contributed by atoms with Crippen molar-refractivity contribution in [2.45, 2.75) is 6.54 Å². The Morgan fingerprint density at radius 2 is 2.03 bits per heavy atom. The van der Waals surface area contributed by atoms with E-state index < -0.39 is 0 Å². The first-order valence-corrected chi connectivity index (χ1v) is 12.1. The van der Waals surface area contributed by atoms with Gasteiger partial charge in [-0.05, 0) is 41.8 Å². The average molecular weight is 506 g/mol. The van der Waals surface area contributed by atoms with E-state index in [1.165, 1.54) is 11.3 Å². The van der Waals surface area contributed by atoms with Gasteiger partial charge in [-0.3, -0.25) is 4.79 Å². The van der Waals surface area contributed by atoms with Crippen molar-refractivity contribution in [3.63, 3.8) is 0 Å². The number of hydrogen-bond acceptors (Lipinski definition) is 4. The zero-order chi connectivity index (χ0) is 21.4. The van der Waals surface area contributed by atoms with Crippen LogP contribution in [-0.2, 0) is 6.54 Å². The van der Waals surface area contributed by atoms with Gasteiger partial charge in [0.2, 0.25) is 0 Å². The van der Waals surface area contributed by atoms with Crippen LogP contribution in [0.4, 0.5) is 0 Å². The van der Waals surface area contributed by atoms with Crippen LogP contribution in [0.15, 0.2) is 88.2 Å². The number of aromatic nitrogens is 2. The number of benzene rings is 2. The Hall–Kier alpha value is -2.87. The first kappa shape index (κ1) is 20.1. The van der Waals surface area contributed by atoms with Crippen molar-refractivity contribution in [1.29, 1.82) is 0 Å².